The summed E-state index contributed by atoms with van der Waals surface area (Å²) in [5.74, 6) is -1.63. The van der Waals surface area contributed by atoms with E-state index < -0.39 is 23.6 Å². The van der Waals surface area contributed by atoms with Gasteiger partial charge in [0.1, 0.15) is 6.42 Å². The first-order valence-electron chi connectivity index (χ1n) is 12.0. The van der Waals surface area contributed by atoms with E-state index in [0.29, 0.717) is 5.56 Å². The minimum atomic E-state index is -3.53. The zero-order valence-electron chi connectivity index (χ0n) is 21.8. The molecule has 0 atom stereocenters. The van der Waals surface area contributed by atoms with Gasteiger partial charge in [-0.3, -0.25) is 19.7 Å². The molecule has 0 spiro atoms. The largest absolute Gasteiger partial charge is 0.494 e. The van der Waals surface area contributed by atoms with Crippen LogP contribution in [0.1, 0.15) is 35.6 Å². The first-order chi connectivity index (χ1) is 19.5. The molecule has 17 heteroatoms. The normalized spacial score (nSPS) is 12.7. The van der Waals surface area contributed by atoms with Gasteiger partial charge >= 0.3 is 6.10 Å². The summed E-state index contributed by atoms with van der Waals surface area (Å²) in [6, 6.07) is 7.87. The highest BCUT2D eigenvalue weighted by atomic mass is 16.7. The highest BCUT2D eigenvalue weighted by Crippen LogP contribution is 2.38. The molecule has 0 radical (unpaired) electrons. The number of nitrogens with zero attached hydrogens (tertiary/aromatic N) is 6. The monoisotopic (exact) mass is 567 g/mol. The van der Waals surface area contributed by atoms with Crippen molar-refractivity contribution in [1.29, 1.82) is 5.26 Å². The number of amides is 3. The molecule has 41 heavy (non-hydrogen) atoms. The topological polar surface area (TPSA) is 249 Å². The fourth-order valence-corrected chi connectivity index (χ4v) is 3.60. The zero-order valence-corrected chi connectivity index (χ0v) is 21.8. The van der Waals surface area contributed by atoms with E-state index in [1.54, 1.807) is 24.3 Å². The Morgan fingerprint density at radius 1 is 1.22 bits per heavy atom. The molecule has 1 aliphatic carbocycles. The van der Waals surface area contributed by atoms with E-state index in [1.165, 1.54) is 30.4 Å². The number of carbonyl (C=O) groups excluding carboxylic acids is 3. The summed E-state index contributed by atoms with van der Waals surface area (Å²) in [6.45, 7) is -0.0111. The molecule has 17 nitrogen and oxygen atoms in total. The first kappa shape index (κ1) is 28.8. The lowest BCUT2D eigenvalue weighted by Gasteiger charge is -2.18. The SMILES string of the molecule is COc1c(Nc2cc(NC(=O)C3CC3)nnc2C(=O)NC(O)(O)O)cccc1-c1nc(CN(C)C(=O)CC#N)no1. The number of carbonyl (C=O) groups is 3. The number of para-hydroxylation sites is 1. The van der Waals surface area contributed by atoms with E-state index in [2.05, 4.69) is 31.0 Å². The Kier molecular flexibility index (Phi) is 8.37. The predicted molar refractivity (Wildman–Crippen MR) is 137 cm³/mol. The van der Waals surface area contributed by atoms with Gasteiger partial charge in [0, 0.05) is 19.0 Å². The minimum Gasteiger partial charge on any atom is -0.494 e. The maximum absolute atomic E-state index is 12.6. The van der Waals surface area contributed by atoms with Crippen LogP contribution in [0, 0.1) is 17.2 Å². The van der Waals surface area contributed by atoms with Crippen molar-refractivity contribution in [3.05, 3.63) is 35.8 Å². The van der Waals surface area contributed by atoms with Gasteiger partial charge in [-0.1, -0.05) is 11.2 Å². The van der Waals surface area contributed by atoms with Gasteiger partial charge < -0.3 is 40.1 Å². The molecule has 0 unspecified atom stereocenters. The Morgan fingerprint density at radius 2 is 1.98 bits per heavy atom. The highest BCUT2D eigenvalue weighted by molar-refractivity contribution is 6.00. The molecule has 1 saturated carbocycles. The number of methoxy groups -OCH3 is 1. The second-order valence-corrected chi connectivity index (χ2v) is 8.96. The Balaban J connectivity index is 1.65. The molecule has 1 aliphatic rings. The molecule has 1 fully saturated rings. The van der Waals surface area contributed by atoms with Crippen molar-refractivity contribution < 1.29 is 39.0 Å². The molecule has 4 rings (SSSR count). The number of benzene rings is 1. The summed E-state index contributed by atoms with van der Waals surface area (Å²) in [5, 5.41) is 54.9. The van der Waals surface area contributed by atoms with Crippen LogP contribution in [0.25, 0.3) is 11.5 Å². The standard InChI is InChI=1S/C24H25N9O8/c1-33(18(34)8-9-25)11-17-28-23(41-32-17)13-4-3-5-14(20(13)40-2)26-15-10-16(27-21(35)12-6-7-12)30-31-19(15)22(36)29-24(37,38)39/h3-5,10,12,37-39H,6-8,11H2,1-2H3,(H,29,36)(H2,26,27,30,35). The lowest BCUT2D eigenvalue weighted by atomic mass is 10.1. The number of hydrogen-bond donors (Lipinski definition) is 6. The molecular weight excluding hydrogens is 542 g/mol. The lowest BCUT2D eigenvalue weighted by molar-refractivity contribution is -0.323. The number of rotatable bonds is 11. The number of ether oxygens (including phenoxy) is 1. The molecule has 2 heterocycles. The number of aliphatic hydroxyl groups is 3. The van der Waals surface area contributed by atoms with Crippen LogP contribution >= 0.6 is 0 Å². The number of hydrogen-bond acceptors (Lipinski definition) is 14. The summed E-state index contributed by atoms with van der Waals surface area (Å²) < 4.78 is 10.9. The van der Waals surface area contributed by atoms with Gasteiger partial charge in [-0.25, -0.2) is 0 Å². The smallest absolute Gasteiger partial charge is 0.369 e. The van der Waals surface area contributed by atoms with Gasteiger partial charge in [0.2, 0.25) is 11.8 Å². The number of nitrogens with one attached hydrogen (secondary N) is 3. The quantitative estimate of drug-likeness (QED) is 0.164. The summed E-state index contributed by atoms with van der Waals surface area (Å²) in [6.07, 6.45) is -2.35. The maximum atomic E-state index is 12.6. The van der Waals surface area contributed by atoms with Crippen molar-refractivity contribution in [3.63, 3.8) is 0 Å². The van der Waals surface area contributed by atoms with Gasteiger partial charge in [0.25, 0.3) is 11.8 Å². The lowest BCUT2D eigenvalue weighted by Crippen LogP contribution is -2.48. The van der Waals surface area contributed by atoms with Crippen LogP contribution in [0.3, 0.4) is 0 Å². The number of aromatic nitrogens is 4. The predicted octanol–water partition coefficient (Wildman–Crippen LogP) is -0.183. The van der Waals surface area contributed by atoms with Gasteiger partial charge in [-0.15, -0.1) is 10.2 Å². The van der Waals surface area contributed by atoms with Crippen LogP contribution in [-0.2, 0) is 16.1 Å². The molecular formula is C24H25N9O8. The van der Waals surface area contributed by atoms with Gasteiger partial charge in [-0.2, -0.15) is 10.2 Å². The van der Waals surface area contributed by atoms with Crippen molar-refractivity contribution in [2.24, 2.45) is 5.92 Å². The van der Waals surface area contributed by atoms with E-state index in [4.69, 9.17) is 14.5 Å². The van der Waals surface area contributed by atoms with E-state index >= 15 is 0 Å². The Morgan fingerprint density at radius 3 is 2.63 bits per heavy atom. The van der Waals surface area contributed by atoms with Crippen molar-refractivity contribution in [2.45, 2.75) is 31.9 Å². The number of nitriles is 1. The second kappa shape index (κ2) is 11.9. The molecule has 0 saturated heterocycles. The molecule has 0 bridgehead atoms. The molecule has 1 aromatic carbocycles. The van der Waals surface area contributed by atoms with E-state index in [0.717, 1.165) is 12.8 Å². The average Bonchev–Trinajstić information content (AvgIpc) is 3.67. The Hall–Kier alpha value is -5.18. The van der Waals surface area contributed by atoms with E-state index in [9.17, 15) is 29.7 Å². The van der Waals surface area contributed by atoms with Gasteiger partial charge in [0.05, 0.1) is 36.7 Å². The molecule has 3 amide bonds. The third-order valence-electron chi connectivity index (χ3n) is 5.71. The average molecular weight is 568 g/mol. The summed E-state index contributed by atoms with van der Waals surface area (Å²) in [5.41, 5.74) is 0.0779. The summed E-state index contributed by atoms with van der Waals surface area (Å²) in [4.78, 5) is 42.3. The van der Waals surface area contributed by atoms with E-state index in [1.807, 2.05) is 0 Å². The molecule has 6 N–H and O–H groups in total. The van der Waals surface area contributed by atoms with Crippen LogP contribution in [0.2, 0.25) is 0 Å². The van der Waals surface area contributed by atoms with Crippen LogP contribution < -0.4 is 20.7 Å². The third kappa shape index (κ3) is 7.27. The summed E-state index contributed by atoms with van der Waals surface area (Å²) in [7, 11) is 2.86. The van der Waals surface area contributed by atoms with Crippen LogP contribution in [-0.4, -0.2) is 78.5 Å². The van der Waals surface area contributed by atoms with Crippen molar-refractivity contribution in [1.82, 2.24) is 30.6 Å². The Bertz CT molecular complexity index is 1510. The first-order valence-corrected chi connectivity index (χ1v) is 12.0. The number of anilines is 3. The fourth-order valence-electron chi connectivity index (χ4n) is 3.60. The van der Waals surface area contributed by atoms with E-state index in [-0.39, 0.29) is 59.4 Å². The van der Waals surface area contributed by atoms with Gasteiger partial charge in [-0.05, 0) is 25.0 Å². The molecule has 2 aromatic heterocycles. The molecule has 0 aliphatic heterocycles. The van der Waals surface area contributed by atoms with Crippen molar-refractivity contribution in [2.75, 3.05) is 24.8 Å². The minimum absolute atomic E-state index is 0.0101. The third-order valence-corrected chi connectivity index (χ3v) is 5.71. The molecule has 214 valence electrons. The van der Waals surface area contributed by atoms with Crippen molar-refractivity contribution >= 4 is 34.9 Å². The maximum Gasteiger partial charge on any atom is 0.369 e. The van der Waals surface area contributed by atoms with Crippen LogP contribution in [0.15, 0.2) is 28.8 Å². The zero-order chi connectivity index (χ0) is 29.7. The van der Waals surface area contributed by atoms with Gasteiger partial charge in [0.15, 0.2) is 23.1 Å². The Labute approximate surface area is 231 Å². The van der Waals surface area contributed by atoms with Crippen molar-refractivity contribution in [3.8, 4) is 23.3 Å². The van der Waals surface area contributed by atoms with Crippen LogP contribution in [0.4, 0.5) is 17.2 Å². The highest BCUT2D eigenvalue weighted by Gasteiger charge is 2.31. The van der Waals surface area contributed by atoms with Crippen LogP contribution in [0.5, 0.6) is 5.75 Å². The second-order valence-electron chi connectivity index (χ2n) is 8.96. The fraction of sp³-hybridized carbons (Fsp3) is 0.333. The summed E-state index contributed by atoms with van der Waals surface area (Å²) >= 11 is 0. The molecule has 3 aromatic rings.